The van der Waals surface area contributed by atoms with Gasteiger partial charge < -0.3 is 5.32 Å². The smallest absolute Gasteiger partial charge is 0.342 e. The minimum Gasteiger partial charge on any atom is -0.342 e. The molecule has 0 saturated heterocycles. The average molecular weight is 318 g/mol. The number of nitrogens with one attached hydrogen (secondary N) is 2. The molecular formula is C16H19FN4O2. The first-order valence-corrected chi connectivity index (χ1v) is 7.70. The molecule has 0 saturated carbocycles. The van der Waals surface area contributed by atoms with Gasteiger partial charge in [-0.1, -0.05) is 0 Å². The van der Waals surface area contributed by atoms with Crippen molar-refractivity contribution in [3.63, 3.8) is 0 Å². The zero-order chi connectivity index (χ0) is 16.6. The molecule has 1 unspecified atom stereocenters. The van der Waals surface area contributed by atoms with Gasteiger partial charge in [-0.2, -0.15) is 5.10 Å². The standard InChI is InChI=1S/C16H19FN4O2/c1-9-7-11(8-10(2)13(9)17)15(22)18-12-5-3-4-6-21-14(12)19-20-16(21)23/h7-8,12H,3-6H2,1-2H3,(H,18,22)(H,20,23). The van der Waals surface area contributed by atoms with Crippen LogP contribution in [0.25, 0.3) is 0 Å². The third kappa shape index (κ3) is 2.91. The molecule has 0 aliphatic carbocycles. The molecule has 6 nitrogen and oxygen atoms in total. The molecule has 23 heavy (non-hydrogen) atoms. The van der Waals surface area contributed by atoms with Gasteiger partial charge in [0, 0.05) is 12.1 Å². The van der Waals surface area contributed by atoms with E-state index in [0.717, 1.165) is 19.3 Å². The van der Waals surface area contributed by atoms with Crippen LogP contribution >= 0.6 is 0 Å². The van der Waals surface area contributed by atoms with Gasteiger partial charge in [0.15, 0.2) is 5.82 Å². The van der Waals surface area contributed by atoms with E-state index in [1.54, 1.807) is 18.4 Å². The topological polar surface area (TPSA) is 79.8 Å². The lowest BCUT2D eigenvalue weighted by atomic mass is 10.0. The summed E-state index contributed by atoms with van der Waals surface area (Å²) in [5.41, 5.74) is 1.03. The van der Waals surface area contributed by atoms with E-state index in [-0.39, 0.29) is 23.5 Å². The molecule has 3 rings (SSSR count). The summed E-state index contributed by atoms with van der Waals surface area (Å²) < 4.78 is 15.3. The normalized spacial score (nSPS) is 17.4. The maximum Gasteiger partial charge on any atom is 0.343 e. The van der Waals surface area contributed by atoms with Crippen LogP contribution in [0.15, 0.2) is 16.9 Å². The molecule has 0 fully saturated rings. The second-order valence-electron chi connectivity index (χ2n) is 5.98. The predicted molar refractivity (Wildman–Crippen MR) is 82.8 cm³/mol. The molecule has 0 radical (unpaired) electrons. The van der Waals surface area contributed by atoms with Crippen LogP contribution in [-0.4, -0.2) is 20.7 Å². The van der Waals surface area contributed by atoms with E-state index in [2.05, 4.69) is 15.5 Å². The molecule has 2 aromatic rings. The summed E-state index contributed by atoms with van der Waals surface area (Å²) in [5, 5.41) is 9.39. The lowest BCUT2D eigenvalue weighted by molar-refractivity contribution is 0.0932. The van der Waals surface area contributed by atoms with Gasteiger partial charge in [-0.25, -0.2) is 14.3 Å². The minimum atomic E-state index is -0.324. The van der Waals surface area contributed by atoms with Crippen molar-refractivity contribution in [3.05, 3.63) is 50.9 Å². The molecule has 0 spiro atoms. The first-order chi connectivity index (χ1) is 11.0. The molecule has 2 heterocycles. The second kappa shape index (κ2) is 5.98. The van der Waals surface area contributed by atoms with Gasteiger partial charge in [-0.3, -0.25) is 9.36 Å². The Morgan fingerprint density at radius 2 is 2.04 bits per heavy atom. The van der Waals surface area contributed by atoms with Crippen molar-refractivity contribution in [2.24, 2.45) is 0 Å². The summed E-state index contributed by atoms with van der Waals surface area (Å²) in [6.07, 6.45) is 2.48. The molecule has 1 aliphatic heterocycles. The van der Waals surface area contributed by atoms with Crippen molar-refractivity contribution in [2.75, 3.05) is 0 Å². The zero-order valence-electron chi connectivity index (χ0n) is 13.1. The third-order valence-electron chi connectivity index (χ3n) is 4.23. The van der Waals surface area contributed by atoms with Crippen molar-refractivity contribution in [2.45, 2.75) is 45.7 Å². The number of nitrogens with zero attached hydrogens (tertiary/aromatic N) is 2. The van der Waals surface area contributed by atoms with Crippen LogP contribution in [0.3, 0.4) is 0 Å². The van der Waals surface area contributed by atoms with E-state index >= 15 is 0 Å². The largest absolute Gasteiger partial charge is 0.343 e. The Labute approximate surface area is 132 Å². The SMILES string of the molecule is Cc1cc(C(=O)NC2CCCCn3c2n[nH]c3=O)cc(C)c1F. The fourth-order valence-electron chi connectivity index (χ4n) is 3.01. The maximum absolute atomic E-state index is 13.7. The highest BCUT2D eigenvalue weighted by Crippen LogP contribution is 2.22. The summed E-state index contributed by atoms with van der Waals surface area (Å²) in [7, 11) is 0. The number of rotatable bonds is 2. The number of aryl methyl sites for hydroxylation is 2. The molecule has 2 N–H and O–H groups in total. The summed E-state index contributed by atoms with van der Waals surface area (Å²) in [4.78, 5) is 24.2. The van der Waals surface area contributed by atoms with Crippen molar-refractivity contribution in [1.82, 2.24) is 20.1 Å². The van der Waals surface area contributed by atoms with E-state index in [1.165, 1.54) is 12.1 Å². The van der Waals surface area contributed by atoms with E-state index in [0.29, 0.717) is 29.1 Å². The highest BCUT2D eigenvalue weighted by Gasteiger charge is 2.24. The number of carbonyl (C=O) groups excluding carboxylic acids is 1. The average Bonchev–Trinajstić information content (AvgIpc) is 2.76. The van der Waals surface area contributed by atoms with Gasteiger partial charge in [-0.15, -0.1) is 0 Å². The first kappa shape index (κ1) is 15.5. The van der Waals surface area contributed by atoms with Gasteiger partial charge in [0.1, 0.15) is 5.82 Å². The number of carbonyl (C=O) groups is 1. The Balaban J connectivity index is 1.87. The van der Waals surface area contributed by atoms with Crippen molar-refractivity contribution >= 4 is 5.91 Å². The van der Waals surface area contributed by atoms with Crippen LogP contribution in [0.5, 0.6) is 0 Å². The molecule has 122 valence electrons. The van der Waals surface area contributed by atoms with E-state index in [9.17, 15) is 14.0 Å². The van der Waals surface area contributed by atoms with Gasteiger partial charge in [0.05, 0.1) is 6.04 Å². The molecule has 1 aromatic heterocycles. The molecule has 7 heteroatoms. The van der Waals surface area contributed by atoms with Crippen molar-refractivity contribution < 1.29 is 9.18 Å². The van der Waals surface area contributed by atoms with Gasteiger partial charge in [-0.05, 0) is 56.4 Å². The number of halogens is 1. The van der Waals surface area contributed by atoms with E-state index in [1.807, 2.05) is 0 Å². The van der Waals surface area contributed by atoms with Crippen LogP contribution in [0.2, 0.25) is 0 Å². The number of hydrogen-bond donors (Lipinski definition) is 2. The van der Waals surface area contributed by atoms with Crippen LogP contribution in [0.4, 0.5) is 4.39 Å². The second-order valence-corrected chi connectivity index (χ2v) is 5.98. The van der Waals surface area contributed by atoms with Crippen molar-refractivity contribution in [1.29, 1.82) is 0 Å². The van der Waals surface area contributed by atoms with Gasteiger partial charge >= 0.3 is 5.69 Å². The highest BCUT2D eigenvalue weighted by molar-refractivity contribution is 5.94. The molecule has 1 aliphatic rings. The van der Waals surface area contributed by atoms with Crippen LogP contribution in [0.1, 0.15) is 52.6 Å². The Morgan fingerprint density at radius 3 is 2.74 bits per heavy atom. The number of aromatic amines is 1. The number of hydrogen-bond acceptors (Lipinski definition) is 3. The molecule has 1 aromatic carbocycles. The van der Waals surface area contributed by atoms with Gasteiger partial charge in [0.25, 0.3) is 5.91 Å². The zero-order valence-corrected chi connectivity index (χ0v) is 13.1. The summed E-state index contributed by atoms with van der Waals surface area (Å²) >= 11 is 0. The Kier molecular flexibility index (Phi) is 4.02. The van der Waals surface area contributed by atoms with Crippen LogP contribution < -0.4 is 11.0 Å². The highest BCUT2D eigenvalue weighted by atomic mass is 19.1. The molecule has 1 atom stereocenters. The predicted octanol–water partition coefficient (Wildman–Crippen LogP) is 1.98. The summed E-state index contributed by atoms with van der Waals surface area (Å²) in [6, 6.07) is 2.74. The van der Waals surface area contributed by atoms with E-state index in [4.69, 9.17) is 0 Å². The fourth-order valence-corrected chi connectivity index (χ4v) is 3.01. The number of benzene rings is 1. The maximum atomic E-state index is 13.7. The Bertz CT molecular complexity index is 786. The van der Waals surface area contributed by atoms with Crippen LogP contribution in [0, 0.1) is 19.7 Å². The lowest BCUT2D eigenvalue weighted by Crippen LogP contribution is -2.31. The third-order valence-corrected chi connectivity index (χ3v) is 4.23. The Hall–Kier alpha value is -2.44. The first-order valence-electron chi connectivity index (χ1n) is 7.70. The van der Waals surface area contributed by atoms with Crippen molar-refractivity contribution in [3.8, 4) is 0 Å². The number of fused-ring (bicyclic) bond motifs is 1. The quantitative estimate of drug-likeness (QED) is 0.888. The molecule has 0 bridgehead atoms. The van der Waals surface area contributed by atoms with E-state index < -0.39 is 0 Å². The fraction of sp³-hybridized carbons (Fsp3) is 0.438. The summed E-state index contributed by atoms with van der Waals surface area (Å²) in [6.45, 7) is 3.87. The minimum absolute atomic E-state index is 0.255. The Morgan fingerprint density at radius 1 is 1.35 bits per heavy atom. The number of H-pyrrole nitrogens is 1. The van der Waals surface area contributed by atoms with Gasteiger partial charge in [0.2, 0.25) is 0 Å². The lowest BCUT2D eigenvalue weighted by Gasteiger charge is -2.16. The van der Waals surface area contributed by atoms with Crippen LogP contribution in [-0.2, 0) is 6.54 Å². The molecule has 1 amide bonds. The molecular weight excluding hydrogens is 299 g/mol. The number of aromatic nitrogens is 3. The number of amides is 1. The summed E-state index contributed by atoms with van der Waals surface area (Å²) in [5.74, 6) is -0.0290. The monoisotopic (exact) mass is 318 g/mol.